The molecule has 0 spiro atoms. The molecule has 1 aromatic rings. The summed E-state index contributed by atoms with van der Waals surface area (Å²) < 4.78 is 0. The van der Waals surface area contributed by atoms with Gasteiger partial charge in [-0.15, -0.1) is 0 Å². The van der Waals surface area contributed by atoms with Gasteiger partial charge in [0.1, 0.15) is 0 Å². The monoisotopic (exact) mass is 121 g/mol. The predicted molar refractivity (Wildman–Crippen MR) is 38.5 cm³/mol. The molecular formula is C7H9N2. The summed E-state index contributed by atoms with van der Waals surface area (Å²) in [6.45, 7) is 0. The summed E-state index contributed by atoms with van der Waals surface area (Å²) in [5, 5.41) is 1.33. The summed E-state index contributed by atoms with van der Waals surface area (Å²) in [7, 11) is 3.52. The van der Waals surface area contributed by atoms with Crippen LogP contribution in [0.1, 0.15) is 0 Å². The summed E-state index contributed by atoms with van der Waals surface area (Å²) in [5.41, 5.74) is 0.914. The first-order chi connectivity index (χ1) is 4.30. The van der Waals surface area contributed by atoms with E-state index < -0.39 is 0 Å². The van der Waals surface area contributed by atoms with Gasteiger partial charge in [0.2, 0.25) is 0 Å². The van der Waals surface area contributed by atoms with Crippen molar-refractivity contribution in [3.8, 4) is 0 Å². The third kappa shape index (κ3) is 1.44. The Labute approximate surface area is 54.9 Å². The first-order valence-corrected chi connectivity index (χ1v) is 2.71. The minimum Gasteiger partial charge on any atom is -0.309 e. The average molecular weight is 121 g/mol. The minimum atomic E-state index is 0.914. The predicted octanol–water partition coefficient (Wildman–Crippen LogP) is 1.16. The largest absolute Gasteiger partial charge is 0.309 e. The molecule has 0 saturated heterocycles. The molecule has 1 radical (unpaired) electrons. The molecule has 0 aliphatic carbocycles. The molecule has 2 N–H and O–H groups in total. The van der Waals surface area contributed by atoms with Crippen LogP contribution < -0.4 is 10.9 Å². The molecule has 1 aromatic carbocycles. The maximum Gasteiger partial charge on any atom is 0.0533 e. The van der Waals surface area contributed by atoms with Gasteiger partial charge in [0.05, 0.1) is 12.7 Å². The topological polar surface area (TPSA) is 29.3 Å². The molecular weight excluding hydrogens is 112 g/mol. The fourth-order valence-electron chi connectivity index (χ4n) is 0.619. The lowest BCUT2D eigenvalue weighted by Crippen LogP contribution is -2.21. The molecule has 2 nitrogen and oxygen atoms in total. The zero-order chi connectivity index (χ0) is 6.69. The molecule has 0 fully saturated rings. The SMILES string of the molecule is [CH2]N(N)c1ccccc1. The van der Waals surface area contributed by atoms with Gasteiger partial charge in [-0.1, -0.05) is 18.2 Å². The maximum atomic E-state index is 5.34. The van der Waals surface area contributed by atoms with E-state index in [4.69, 9.17) is 5.84 Å². The standard InChI is InChI=1S/C7H9N2/c1-9(8)7-5-3-2-4-6-7/h2-6H,1,8H2. The van der Waals surface area contributed by atoms with E-state index in [0.29, 0.717) is 0 Å². The molecule has 0 aliphatic rings. The molecule has 9 heavy (non-hydrogen) atoms. The van der Waals surface area contributed by atoms with E-state index in [1.54, 1.807) is 0 Å². The van der Waals surface area contributed by atoms with E-state index in [2.05, 4.69) is 7.05 Å². The molecule has 0 saturated carbocycles. The number of para-hydroxylation sites is 1. The normalized spacial score (nSPS) is 9.11. The van der Waals surface area contributed by atoms with Crippen LogP contribution in [0, 0.1) is 7.05 Å². The number of hydrogen-bond donors (Lipinski definition) is 1. The first kappa shape index (κ1) is 6.11. The van der Waals surface area contributed by atoms with Gasteiger partial charge in [0.15, 0.2) is 0 Å². The van der Waals surface area contributed by atoms with Crippen LogP contribution in [0.2, 0.25) is 0 Å². The highest BCUT2D eigenvalue weighted by Crippen LogP contribution is 2.06. The van der Waals surface area contributed by atoms with Crippen molar-refractivity contribution in [2.75, 3.05) is 5.01 Å². The van der Waals surface area contributed by atoms with Crippen molar-refractivity contribution in [3.63, 3.8) is 0 Å². The lowest BCUT2D eigenvalue weighted by molar-refractivity contribution is 1.08. The second kappa shape index (κ2) is 2.51. The number of nitrogens with zero attached hydrogens (tertiary/aromatic N) is 1. The minimum absolute atomic E-state index is 0.914. The first-order valence-electron chi connectivity index (χ1n) is 2.71. The number of anilines is 1. The number of hydrazine groups is 1. The Balaban J connectivity index is 2.85. The Hall–Kier alpha value is -1.02. The number of rotatable bonds is 1. The van der Waals surface area contributed by atoms with E-state index in [1.807, 2.05) is 30.3 Å². The second-order valence-electron chi connectivity index (χ2n) is 1.81. The van der Waals surface area contributed by atoms with Crippen LogP contribution in [0.25, 0.3) is 0 Å². The van der Waals surface area contributed by atoms with E-state index >= 15 is 0 Å². The van der Waals surface area contributed by atoms with Gasteiger partial charge in [-0.2, -0.15) is 0 Å². The van der Waals surface area contributed by atoms with Gasteiger partial charge in [0, 0.05) is 0 Å². The zero-order valence-corrected chi connectivity index (χ0v) is 5.12. The van der Waals surface area contributed by atoms with Gasteiger partial charge in [-0.25, -0.2) is 5.84 Å². The molecule has 0 bridgehead atoms. The third-order valence-electron chi connectivity index (χ3n) is 1.09. The molecule has 0 unspecified atom stereocenters. The summed E-state index contributed by atoms with van der Waals surface area (Å²) in [6.07, 6.45) is 0. The van der Waals surface area contributed by atoms with Crippen molar-refractivity contribution in [1.82, 2.24) is 0 Å². The lowest BCUT2D eigenvalue weighted by Gasteiger charge is -2.09. The Morgan fingerprint density at radius 1 is 1.22 bits per heavy atom. The fourth-order valence-corrected chi connectivity index (χ4v) is 0.619. The maximum absolute atomic E-state index is 5.34. The summed E-state index contributed by atoms with van der Waals surface area (Å²) in [5.74, 6) is 5.34. The molecule has 47 valence electrons. The molecule has 0 amide bonds. The Bertz CT molecular complexity index is 170. The van der Waals surface area contributed by atoms with Crippen LogP contribution in [-0.4, -0.2) is 0 Å². The number of nitrogens with two attached hydrogens (primary N) is 1. The van der Waals surface area contributed by atoms with Crippen LogP contribution in [0.5, 0.6) is 0 Å². The van der Waals surface area contributed by atoms with Crippen LogP contribution in [0.3, 0.4) is 0 Å². The van der Waals surface area contributed by atoms with Crippen LogP contribution in [-0.2, 0) is 0 Å². The van der Waals surface area contributed by atoms with Crippen molar-refractivity contribution in [2.45, 2.75) is 0 Å². The quantitative estimate of drug-likeness (QED) is 0.446. The van der Waals surface area contributed by atoms with Crippen LogP contribution >= 0.6 is 0 Å². The van der Waals surface area contributed by atoms with Gasteiger partial charge < -0.3 is 5.01 Å². The highest BCUT2D eigenvalue weighted by atomic mass is 15.4. The number of benzene rings is 1. The highest BCUT2D eigenvalue weighted by Gasteiger charge is 1.88. The third-order valence-corrected chi connectivity index (χ3v) is 1.09. The summed E-state index contributed by atoms with van der Waals surface area (Å²) in [4.78, 5) is 0. The lowest BCUT2D eigenvalue weighted by atomic mass is 10.3. The van der Waals surface area contributed by atoms with E-state index in [-0.39, 0.29) is 0 Å². The molecule has 0 aromatic heterocycles. The number of hydrogen-bond acceptors (Lipinski definition) is 2. The molecule has 0 atom stereocenters. The van der Waals surface area contributed by atoms with Gasteiger partial charge in [0.25, 0.3) is 0 Å². The molecule has 0 heterocycles. The van der Waals surface area contributed by atoms with E-state index in [0.717, 1.165) is 5.69 Å². The van der Waals surface area contributed by atoms with Crippen molar-refractivity contribution in [3.05, 3.63) is 37.4 Å². The molecule has 2 heteroatoms. The molecule has 1 rings (SSSR count). The van der Waals surface area contributed by atoms with Gasteiger partial charge in [-0.05, 0) is 12.1 Å². The van der Waals surface area contributed by atoms with Crippen molar-refractivity contribution in [2.24, 2.45) is 5.84 Å². The van der Waals surface area contributed by atoms with Gasteiger partial charge in [-0.3, -0.25) is 0 Å². The van der Waals surface area contributed by atoms with Crippen LogP contribution in [0.15, 0.2) is 30.3 Å². The zero-order valence-electron chi connectivity index (χ0n) is 5.12. The molecule has 0 aliphatic heterocycles. The van der Waals surface area contributed by atoms with E-state index in [1.165, 1.54) is 5.01 Å². The average Bonchev–Trinajstić information content (AvgIpc) is 1.90. The van der Waals surface area contributed by atoms with Crippen LogP contribution in [0.4, 0.5) is 5.69 Å². The Kier molecular flexibility index (Phi) is 1.70. The van der Waals surface area contributed by atoms with Crippen molar-refractivity contribution >= 4 is 5.69 Å². The summed E-state index contributed by atoms with van der Waals surface area (Å²) >= 11 is 0. The van der Waals surface area contributed by atoms with Crippen molar-refractivity contribution in [1.29, 1.82) is 0 Å². The smallest absolute Gasteiger partial charge is 0.0533 e. The van der Waals surface area contributed by atoms with Gasteiger partial charge >= 0.3 is 0 Å². The fraction of sp³-hybridized carbons (Fsp3) is 0. The Morgan fingerprint density at radius 2 is 1.78 bits per heavy atom. The summed E-state index contributed by atoms with van der Waals surface area (Å²) in [6, 6.07) is 9.56. The van der Waals surface area contributed by atoms with Crippen molar-refractivity contribution < 1.29 is 0 Å². The van der Waals surface area contributed by atoms with E-state index in [9.17, 15) is 0 Å². The highest BCUT2D eigenvalue weighted by molar-refractivity contribution is 5.44. The second-order valence-corrected chi connectivity index (χ2v) is 1.81. The Morgan fingerprint density at radius 3 is 2.11 bits per heavy atom.